The first-order chi connectivity index (χ1) is 14.8. The number of piperazine rings is 1. The predicted octanol–water partition coefficient (Wildman–Crippen LogP) is 2.70. The Morgan fingerprint density at radius 1 is 1.13 bits per heavy atom. The highest BCUT2D eigenvalue weighted by atomic mass is 32.2. The van der Waals surface area contributed by atoms with Gasteiger partial charge in [0.25, 0.3) is 0 Å². The third kappa shape index (κ3) is 4.61. The molecule has 31 heavy (non-hydrogen) atoms. The lowest BCUT2D eigenvalue weighted by molar-refractivity contribution is 0.0676. The number of nitrogens with zero attached hydrogens (tertiary/aromatic N) is 4. The fraction of sp³-hybridized carbons (Fsp3) is 0.318. The maximum atomic E-state index is 12.9. The number of carbonyl (C=O) groups is 1. The zero-order valence-electron chi connectivity index (χ0n) is 17.4. The number of rotatable bonds is 5. The van der Waals surface area contributed by atoms with Gasteiger partial charge < -0.3 is 14.3 Å². The minimum absolute atomic E-state index is 0.0290. The molecule has 1 aromatic heterocycles. The molecule has 1 amide bonds. The summed E-state index contributed by atoms with van der Waals surface area (Å²) in [5.74, 6) is -1.02. The third-order valence-electron chi connectivity index (χ3n) is 5.32. The van der Waals surface area contributed by atoms with Crippen LogP contribution in [0.4, 0.5) is 5.69 Å². The van der Waals surface area contributed by atoms with E-state index in [0.29, 0.717) is 19.6 Å². The second-order valence-corrected chi connectivity index (χ2v) is 9.71. The molecule has 0 spiro atoms. The number of aromatic nitrogens is 2. The monoisotopic (exact) mass is 440 g/mol. The lowest BCUT2D eigenvalue weighted by Gasteiger charge is -2.40. The molecule has 0 unspecified atom stereocenters. The van der Waals surface area contributed by atoms with Gasteiger partial charge in [-0.2, -0.15) is 4.98 Å². The Balaban J connectivity index is 1.42. The van der Waals surface area contributed by atoms with Gasteiger partial charge in [-0.25, -0.2) is 8.42 Å². The van der Waals surface area contributed by atoms with Crippen LogP contribution in [0.15, 0.2) is 64.0 Å². The molecule has 3 aromatic rings. The van der Waals surface area contributed by atoms with E-state index in [1.165, 1.54) is 17.7 Å². The molecule has 1 aliphatic rings. The lowest BCUT2D eigenvalue weighted by atomic mass is 10.1. The van der Waals surface area contributed by atoms with Gasteiger partial charge in [-0.15, -0.1) is 0 Å². The van der Waals surface area contributed by atoms with Gasteiger partial charge >= 0.3 is 11.8 Å². The first-order valence-corrected chi connectivity index (χ1v) is 11.7. The van der Waals surface area contributed by atoms with E-state index in [4.69, 9.17) is 4.52 Å². The fourth-order valence-corrected chi connectivity index (χ4v) is 4.94. The number of hydrogen-bond acceptors (Lipinski definition) is 7. The van der Waals surface area contributed by atoms with Crippen molar-refractivity contribution >= 4 is 21.4 Å². The molecule has 4 rings (SSSR count). The van der Waals surface area contributed by atoms with E-state index in [2.05, 4.69) is 47.1 Å². The minimum atomic E-state index is -3.62. The first kappa shape index (κ1) is 21.0. The second-order valence-electron chi connectivity index (χ2n) is 7.72. The zero-order chi connectivity index (χ0) is 22.0. The third-order valence-corrected chi connectivity index (χ3v) is 6.95. The van der Waals surface area contributed by atoms with Gasteiger partial charge in [0.2, 0.25) is 0 Å². The summed E-state index contributed by atoms with van der Waals surface area (Å²) in [7, 11) is -3.62. The predicted molar refractivity (Wildman–Crippen MR) is 116 cm³/mol. The van der Waals surface area contributed by atoms with E-state index >= 15 is 0 Å². The molecule has 0 N–H and O–H groups in total. The molecular weight excluding hydrogens is 416 g/mol. The van der Waals surface area contributed by atoms with Gasteiger partial charge in [0, 0.05) is 31.4 Å². The van der Waals surface area contributed by atoms with Gasteiger partial charge in [0.1, 0.15) is 5.75 Å². The van der Waals surface area contributed by atoms with Crippen molar-refractivity contribution in [1.82, 2.24) is 15.0 Å². The van der Waals surface area contributed by atoms with Crippen LogP contribution in [-0.4, -0.2) is 55.0 Å². The van der Waals surface area contributed by atoms with Gasteiger partial charge in [0.05, 0.1) is 4.90 Å². The van der Waals surface area contributed by atoms with Crippen LogP contribution in [0.5, 0.6) is 0 Å². The molecular formula is C22H24N4O4S. The Bertz CT molecular complexity index is 1180. The summed E-state index contributed by atoms with van der Waals surface area (Å²) < 4.78 is 30.1. The van der Waals surface area contributed by atoms with Crippen LogP contribution < -0.4 is 4.90 Å². The van der Waals surface area contributed by atoms with E-state index in [-0.39, 0.29) is 28.6 Å². The summed E-state index contributed by atoms with van der Waals surface area (Å²) in [6.07, 6.45) is 0. The minimum Gasteiger partial charge on any atom is -0.365 e. The topological polar surface area (TPSA) is 96.6 Å². The molecule has 1 aliphatic heterocycles. The van der Waals surface area contributed by atoms with E-state index < -0.39 is 15.6 Å². The Morgan fingerprint density at radius 2 is 1.90 bits per heavy atom. The number of sulfone groups is 1. The standard InChI is InChI=1S/C22H24N4O4S/c1-16-7-6-8-18(13-16)26-12-11-25(14-17(26)2)22(27)21-23-20(24-30-21)15-31(28,29)19-9-4-3-5-10-19/h3-10,13,17H,11-12,14-15H2,1-2H3/t17-/m1/s1. The molecule has 1 fully saturated rings. The summed E-state index contributed by atoms with van der Waals surface area (Å²) in [5.41, 5.74) is 2.32. The number of anilines is 1. The Hall–Kier alpha value is -3.20. The molecule has 1 atom stereocenters. The van der Waals surface area contributed by atoms with Crippen LogP contribution in [0.3, 0.4) is 0 Å². The van der Waals surface area contributed by atoms with E-state index in [0.717, 1.165) is 5.69 Å². The normalized spacial score (nSPS) is 17.0. The molecule has 0 aliphatic carbocycles. The fourth-order valence-electron chi connectivity index (χ4n) is 3.75. The molecule has 2 aromatic carbocycles. The number of carbonyl (C=O) groups excluding carboxylic acids is 1. The van der Waals surface area contributed by atoms with Crippen molar-refractivity contribution in [1.29, 1.82) is 0 Å². The average molecular weight is 441 g/mol. The van der Waals surface area contributed by atoms with Gasteiger partial charge in [-0.1, -0.05) is 35.5 Å². The molecule has 9 heteroatoms. The highest BCUT2D eigenvalue weighted by molar-refractivity contribution is 7.90. The largest absolute Gasteiger partial charge is 0.365 e. The lowest BCUT2D eigenvalue weighted by Crippen LogP contribution is -2.53. The summed E-state index contributed by atoms with van der Waals surface area (Å²) in [6.45, 7) is 5.82. The van der Waals surface area contributed by atoms with Crippen molar-refractivity contribution in [3.05, 3.63) is 71.9 Å². The van der Waals surface area contributed by atoms with Crippen LogP contribution in [-0.2, 0) is 15.6 Å². The molecule has 2 heterocycles. The highest BCUT2D eigenvalue weighted by Crippen LogP contribution is 2.22. The van der Waals surface area contributed by atoms with Gasteiger partial charge in [-0.05, 0) is 43.7 Å². The highest BCUT2D eigenvalue weighted by Gasteiger charge is 2.31. The molecule has 0 radical (unpaired) electrons. The number of amides is 1. The van der Waals surface area contributed by atoms with E-state index in [9.17, 15) is 13.2 Å². The summed E-state index contributed by atoms with van der Waals surface area (Å²) in [5, 5.41) is 3.71. The van der Waals surface area contributed by atoms with Crippen molar-refractivity contribution in [2.24, 2.45) is 0 Å². The number of hydrogen-bond donors (Lipinski definition) is 0. The van der Waals surface area contributed by atoms with E-state index in [1.54, 1.807) is 23.1 Å². The molecule has 8 nitrogen and oxygen atoms in total. The molecule has 1 saturated heterocycles. The van der Waals surface area contributed by atoms with Crippen LogP contribution in [0.2, 0.25) is 0 Å². The molecule has 0 saturated carbocycles. The van der Waals surface area contributed by atoms with Gasteiger partial charge in [-0.3, -0.25) is 4.79 Å². The van der Waals surface area contributed by atoms with Crippen LogP contribution in [0, 0.1) is 6.92 Å². The van der Waals surface area contributed by atoms with Crippen LogP contribution >= 0.6 is 0 Å². The van der Waals surface area contributed by atoms with Crippen LogP contribution in [0.25, 0.3) is 0 Å². The van der Waals surface area contributed by atoms with Crippen LogP contribution in [0.1, 0.15) is 29.0 Å². The maximum absolute atomic E-state index is 12.9. The second kappa shape index (κ2) is 8.50. The Kier molecular flexibility index (Phi) is 5.77. The van der Waals surface area contributed by atoms with Crippen molar-refractivity contribution in [2.45, 2.75) is 30.5 Å². The molecule has 0 bridgehead atoms. The number of benzene rings is 2. The summed E-state index contributed by atoms with van der Waals surface area (Å²) in [4.78, 5) is 21.0. The Labute approximate surface area is 181 Å². The van der Waals surface area contributed by atoms with E-state index in [1.807, 2.05) is 6.07 Å². The Morgan fingerprint density at radius 3 is 2.61 bits per heavy atom. The van der Waals surface area contributed by atoms with Crippen molar-refractivity contribution in [3.63, 3.8) is 0 Å². The van der Waals surface area contributed by atoms with Crippen molar-refractivity contribution in [3.8, 4) is 0 Å². The summed E-state index contributed by atoms with van der Waals surface area (Å²) in [6, 6.07) is 16.4. The quantitative estimate of drug-likeness (QED) is 0.602. The maximum Gasteiger partial charge on any atom is 0.316 e. The smallest absolute Gasteiger partial charge is 0.316 e. The zero-order valence-corrected chi connectivity index (χ0v) is 18.2. The molecule has 162 valence electrons. The first-order valence-electron chi connectivity index (χ1n) is 10.1. The summed E-state index contributed by atoms with van der Waals surface area (Å²) >= 11 is 0. The van der Waals surface area contributed by atoms with Gasteiger partial charge in [0.15, 0.2) is 15.7 Å². The number of aryl methyl sites for hydroxylation is 1. The van der Waals surface area contributed by atoms with Crippen molar-refractivity contribution < 1.29 is 17.7 Å². The average Bonchev–Trinajstić information content (AvgIpc) is 3.21. The van der Waals surface area contributed by atoms with Crippen molar-refractivity contribution in [2.75, 3.05) is 24.5 Å². The SMILES string of the molecule is Cc1cccc(N2CCN(C(=O)c3nc(CS(=O)(=O)c4ccccc4)no3)C[C@H]2C)c1.